The minimum atomic E-state index is -1.35. The first-order chi connectivity index (χ1) is 15.2. The number of hydrogen-bond acceptors (Lipinski definition) is 6. The SMILES string of the molecule is CCOC(=O)C(F)=CC1(C(=O)OC(C#N)c2cccc(Oc3ccccc3)c2)CC1(C)C. The second-order valence-corrected chi connectivity index (χ2v) is 8.15. The van der Waals surface area contributed by atoms with Gasteiger partial charge in [-0.25, -0.2) is 4.79 Å². The van der Waals surface area contributed by atoms with Crippen molar-refractivity contribution in [1.29, 1.82) is 5.26 Å². The molecule has 166 valence electrons. The van der Waals surface area contributed by atoms with E-state index >= 15 is 0 Å². The highest BCUT2D eigenvalue weighted by Crippen LogP contribution is 2.65. The molecule has 2 atom stereocenters. The number of benzene rings is 2. The molecule has 0 aromatic heterocycles. The number of esters is 2. The van der Waals surface area contributed by atoms with E-state index in [0.717, 1.165) is 6.08 Å². The number of hydrogen-bond donors (Lipinski definition) is 0. The van der Waals surface area contributed by atoms with Crippen molar-refractivity contribution in [1.82, 2.24) is 0 Å². The standard InChI is InChI=1S/C25H24FNO5/c1-4-30-22(28)20(26)14-25(16-24(25,2)3)23(29)32-21(15-27)17-9-8-12-19(13-17)31-18-10-6-5-7-11-18/h5-14,21H,4,16H2,1-3H3. The van der Waals surface area contributed by atoms with Crippen molar-refractivity contribution in [2.45, 2.75) is 33.3 Å². The van der Waals surface area contributed by atoms with E-state index in [1.807, 2.05) is 24.3 Å². The maximum atomic E-state index is 14.3. The van der Waals surface area contributed by atoms with Gasteiger partial charge in [0, 0.05) is 5.56 Å². The Bertz CT molecular complexity index is 1070. The Labute approximate surface area is 186 Å². The number of ether oxygens (including phenoxy) is 3. The van der Waals surface area contributed by atoms with Crippen LogP contribution in [0.1, 0.15) is 38.9 Å². The lowest BCUT2D eigenvalue weighted by Gasteiger charge is -2.19. The number of para-hydroxylation sites is 1. The van der Waals surface area contributed by atoms with Crippen molar-refractivity contribution in [2.24, 2.45) is 10.8 Å². The topological polar surface area (TPSA) is 85.6 Å². The predicted molar refractivity (Wildman–Crippen MR) is 114 cm³/mol. The molecule has 0 aliphatic heterocycles. The second kappa shape index (κ2) is 9.23. The van der Waals surface area contributed by atoms with Crippen LogP contribution in [0.2, 0.25) is 0 Å². The van der Waals surface area contributed by atoms with E-state index in [4.69, 9.17) is 9.47 Å². The molecule has 2 unspecified atom stereocenters. The van der Waals surface area contributed by atoms with Gasteiger partial charge in [0.1, 0.15) is 17.6 Å². The third-order valence-electron chi connectivity index (χ3n) is 5.49. The Morgan fingerprint density at radius 2 is 1.81 bits per heavy atom. The van der Waals surface area contributed by atoms with E-state index in [2.05, 4.69) is 4.74 Å². The van der Waals surface area contributed by atoms with E-state index in [0.29, 0.717) is 17.1 Å². The summed E-state index contributed by atoms with van der Waals surface area (Å²) in [6, 6.07) is 17.7. The van der Waals surface area contributed by atoms with E-state index in [1.54, 1.807) is 57.2 Å². The van der Waals surface area contributed by atoms with E-state index < -0.39 is 34.7 Å². The summed E-state index contributed by atoms with van der Waals surface area (Å²) in [7, 11) is 0. The highest BCUT2D eigenvalue weighted by Gasteiger charge is 2.67. The van der Waals surface area contributed by atoms with Crippen molar-refractivity contribution >= 4 is 11.9 Å². The van der Waals surface area contributed by atoms with Gasteiger partial charge in [-0.2, -0.15) is 9.65 Å². The van der Waals surface area contributed by atoms with E-state index in [9.17, 15) is 19.2 Å². The van der Waals surface area contributed by atoms with Crippen LogP contribution in [0.5, 0.6) is 11.5 Å². The summed E-state index contributed by atoms with van der Waals surface area (Å²) in [6.45, 7) is 5.10. The van der Waals surface area contributed by atoms with E-state index in [1.165, 1.54) is 0 Å². The van der Waals surface area contributed by atoms with Crippen LogP contribution >= 0.6 is 0 Å². The van der Waals surface area contributed by atoms with Gasteiger partial charge in [0.2, 0.25) is 11.9 Å². The molecular weight excluding hydrogens is 413 g/mol. The monoisotopic (exact) mass is 437 g/mol. The number of nitrogens with zero attached hydrogens (tertiary/aromatic N) is 1. The molecule has 2 aromatic carbocycles. The zero-order chi connectivity index (χ0) is 23.4. The normalized spacial score (nSPS) is 19.9. The molecule has 0 saturated heterocycles. The summed E-state index contributed by atoms with van der Waals surface area (Å²) >= 11 is 0. The van der Waals surface area contributed by atoms with Crippen molar-refractivity contribution in [3.63, 3.8) is 0 Å². The smallest absolute Gasteiger partial charge is 0.366 e. The highest BCUT2D eigenvalue weighted by atomic mass is 19.1. The van der Waals surface area contributed by atoms with Crippen LogP contribution in [0.4, 0.5) is 4.39 Å². The second-order valence-electron chi connectivity index (χ2n) is 8.15. The fourth-order valence-corrected chi connectivity index (χ4v) is 3.53. The quantitative estimate of drug-likeness (QED) is 0.405. The molecule has 6 nitrogen and oxygen atoms in total. The molecule has 3 rings (SSSR count). The number of rotatable bonds is 8. The van der Waals surface area contributed by atoms with Crippen molar-refractivity contribution < 1.29 is 28.2 Å². The van der Waals surface area contributed by atoms with Gasteiger partial charge in [0.15, 0.2) is 0 Å². The molecule has 0 N–H and O–H groups in total. The number of halogens is 1. The number of nitriles is 1. The van der Waals surface area contributed by atoms with E-state index in [-0.39, 0.29) is 13.0 Å². The third kappa shape index (κ3) is 4.80. The molecule has 32 heavy (non-hydrogen) atoms. The van der Waals surface area contributed by atoms with Crippen molar-refractivity contribution in [3.8, 4) is 17.6 Å². The summed E-state index contributed by atoms with van der Waals surface area (Å²) in [6.07, 6.45) is 0.00616. The Hall–Kier alpha value is -3.66. The Morgan fingerprint density at radius 1 is 1.16 bits per heavy atom. The van der Waals surface area contributed by atoms with Gasteiger partial charge < -0.3 is 14.2 Å². The minimum Gasteiger partial charge on any atom is -0.461 e. The van der Waals surface area contributed by atoms with Gasteiger partial charge in [-0.05, 0) is 49.1 Å². The van der Waals surface area contributed by atoms with Gasteiger partial charge >= 0.3 is 11.9 Å². The third-order valence-corrected chi connectivity index (χ3v) is 5.49. The van der Waals surface area contributed by atoms with Crippen LogP contribution in [0.3, 0.4) is 0 Å². The fourth-order valence-electron chi connectivity index (χ4n) is 3.53. The zero-order valence-corrected chi connectivity index (χ0v) is 18.1. The Balaban J connectivity index is 1.80. The average Bonchev–Trinajstić information content (AvgIpc) is 3.34. The van der Waals surface area contributed by atoms with Crippen LogP contribution in [-0.2, 0) is 19.1 Å². The van der Waals surface area contributed by atoms with Crippen molar-refractivity contribution in [3.05, 3.63) is 72.1 Å². The predicted octanol–water partition coefficient (Wildman–Crippen LogP) is 5.42. The highest BCUT2D eigenvalue weighted by molar-refractivity contribution is 5.90. The number of carbonyl (C=O) groups is 2. The van der Waals surface area contributed by atoms with Gasteiger partial charge in [-0.1, -0.05) is 44.2 Å². The molecule has 1 fully saturated rings. The van der Waals surface area contributed by atoms with Crippen LogP contribution in [0.25, 0.3) is 0 Å². The lowest BCUT2D eigenvalue weighted by molar-refractivity contribution is -0.152. The summed E-state index contributed by atoms with van der Waals surface area (Å²) < 4.78 is 30.2. The molecule has 0 bridgehead atoms. The van der Waals surface area contributed by atoms with Gasteiger partial charge in [-0.15, -0.1) is 0 Å². The lowest BCUT2D eigenvalue weighted by atomic mass is 9.95. The molecule has 7 heteroatoms. The molecule has 0 amide bonds. The molecule has 0 heterocycles. The maximum Gasteiger partial charge on any atom is 0.366 e. The van der Waals surface area contributed by atoms with Gasteiger partial charge in [0.05, 0.1) is 12.0 Å². The molecule has 2 aromatic rings. The average molecular weight is 437 g/mol. The van der Waals surface area contributed by atoms with Crippen LogP contribution in [-0.4, -0.2) is 18.5 Å². The molecular formula is C25H24FNO5. The first-order valence-electron chi connectivity index (χ1n) is 10.2. The Kier molecular flexibility index (Phi) is 6.64. The first kappa shape index (κ1) is 23.0. The fraction of sp³-hybridized carbons (Fsp3) is 0.320. The van der Waals surface area contributed by atoms with Crippen molar-refractivity contribution in [2.75, 3.05) is 6.61 Å². The summed E-state index contributed by atoms with van der Waals surface area (Å²) in [5, 5.41) is 9.63. The number of carbonyl (C=O) groups excluding carboxylic acids is 2. The van der Waals surface area contributed by atoms with Crippen LogP contribution in [0.15, 0.2) is 66.5 Å². The molecule has 1 saturated carbocycles. The van der Waals surface area contributed by atoms with Crippen LogP contribution < -0.4 is 4.74 Å². The Morgan fingerprint density at radius 3 is 2.41 bits per heavy atom. The van der Waals surface area contributed by atoms with Gasteiger partial charge in [0.25, 0.3) is 0 Å². The molecule has 0 radical (unpaired) electrons. The first-order valence-corrected chi connectivity index (χ1v) is 10.2. The lowest BCUT2D eigenvalue weighted by Crippen LogP contribution is -2.25. The molecule has 1 aliphatic carbocycles. The maximum absolute atomic E-state index is 14.3. The summed E-state index contributed by atoms with van der Waals surface area (Å²) in [5.41, 5.74) is -1.57. The summed E-state index contributed by atoms with van der Waals surface area (Å²) in [5.74, 6) is -1.97. The minimum absolute atomic E-state index is 0.0127. The molecule has 1 aliphatic rings. The molecule has 0 spiro atoms. The zero-order valence-electron chi connectivity index (χ0n) is 18.1. The van der Waals surface area contributed by atoms with Gasteiger partial charge in [-0.3, -0.25) is 4.79 Å². The van der Waals surface area contributed by atoms with Crippen LogP contribution in [0, 0.1) is 22.2 Å². The summed E-state index contributed by atoms with van der Waals surface area (Å²) in [4.78, 5) is 24.7. The largest absolute Gasteiger partial charge is 0.461 e.